The standard InChI is InChI=1S/C18H28O5S/c1-15(2)24(20,21)11-6-4-5-9-17(19)12-16-8-7-10-18(13-16)23-14-22-3/h7-8,10,13,15H,4-6,9,11-12,14H2,1-3H3. The van der Waals surface area contributed by atoms with Crippen LogP contribution >= 0.6 is 0 Å². The van der Waals surface area contributed by atoms with Gasteiger partial charge in [-0.15, -0.1) is 0 Å². The molecule has 0 N–H and O–H groups in total. The van der Waals surface area contributed by atoms with E-state index in [1.807, 2.05) is 24.3 Å². The number of carbonyl (C=O) groups excluding carboxylic acids is 1. The molecule has 1 rings (SSSR count). The molecular formula is C18H28O5S. The lowest BCUT2D eigenvalue weighted by molar-refractivity contribution is -0.118. The van der Waals surface area contributed by atoms with E-state index in [0.29, 0.717) is 25.0 Å². The Bertz CT molecular complexity index is 608. The highest BCUT2D eigenvalue weighted by atomic mass is 32.2. The molecule has 0 saturated heterocycles. The lowest BCUT2D eigenvalue weighted by Gasteiger charge is -2.08. The Labute approximate surface area is 145 Å². The van der Waals surface area contributed by atoms with Crippen molar-refractivity contribution >= 4 is 15.6 Å². The maximum atomic E-state index is 12.0. The molecule has 0 radical (unpaired) electrons. The van der Waals surface area contributed by atoms with Crippen LogP contribution in [0, 0.1) is 0 Å². The predicted molar refractivity (Wildman–Crippen MR) is 95.0 cm³/mol. The summed E-state index contributed by atoms with van der Waals surface area (Å²) in [6.07, 6.45) is 2.95. The first-order chi connectivity index (χ1) is 11.3. The van der Waals surface area contributed by atoms with Crippen LogP contribution in [0.3, 0.4) is 0 Å². The number of carbonyl (C=O) groups is 1. The minimum absolute atomic E-state index is 0.158. The van der Waals surface area contributed by atoms with Crippen molar-refractivity contribution in [1.82, 2.24) is 0 Å². The second-order valence-electron chi connectivity index (χ2n) is 6.14. The summed E-state index contributed by atoms with van der Waals surface area (Å²) in [5.74, 6) is 1.05. The zero-order chi connectivity index (χ0) is 18.0. The van der Waals surface area contributed by atoms with Crippen molar-refractivity contribution in [3.8, 4) is 5.75 Å². The minimum atomic E-state index is -2.97. The number of ketones is 1. The Morgan fingerprint density at radius 3 is 2.58 bits per heavy atom. The van der Waals surface area contributed by atoms with Crippen LogP contribution in [-0.4, -0.2) is 39.1 Å². The van der Waals surface area contributed by atoms with Gasteiger partial charge in [0.2, 0.25) is 0 Å². The summed E-state index contributed by atoms with van der Waals surface area (Å²) in [5.41, 5.74) is 0.913. The smallest absolute Gasteiger partial charge is 0.188 e. The van der Waals surface area contributed by atoms with Crippen LogP contribution in [0.5, 0.6) is 5.75 Å². The van der Waals surface area contributed by atoms with Crippen molar-refractivity contribution in [2.45, 2.75) is 51.2 Å². The van der Waals surface area contributed by atoms with Crippen molar-refractivity contribution in [2.75, 3.05) is 19.7 Å². The molecule has 0 aromatic heterocycles. The quantitative estimate of drug-likeness (QED) is 0.425. The van der Waals surface area contributed by atoms with Gasteiger partial charge in [-0.3, -0.25) is 4.79 Å². The van der Waals surface area contributed by atoms with Gasteiger partial charge in [0.15, 0.2) is 16.6 Å². The maximum Gasteiger partial charge on any atom is 0.188 e. The first kappa shape index (κ1) is 20.6. The van der Waals surface area contributed by atoms with Gasteiger partial charge in [-0.1, -0.05) is 18.6 Å². The molecule has 1 aromatic carbocycles. The highest BCUT2D eigenvalue weighted by Crippen LogP contribution is 2.15. The molecule has 6 heteroatoms. The molecule has 0 spiro atoms. The number of unbranched alkanes of at least 4 members (excludes halogenated alkanes) is 2. The van der Waals surface area contributed by atoms with Gasteiger partial charge < -0.3 is 9.47 Å². The fraction of sp³-hybridized carbons (Fsp3) is 0.611. The van der Waals surface area contributed by atoms with Crippen LogP contribution in [0.15, 0.2) is 24.3 Å². The van der Waals surface area contributed by atoms with Gasteiger partial charge >= 0.3 is 0 Å². The Morgan fingerprint density at radius 1 is 1.17 bits per heavy atom. The van der Waals surface area contributed by atoms with Gasteiger partial charge in [0.05, 0.1) is 11.0 Å². The Kier molecular flexibility index (Phi) is 9.00. The van der Waals surface area contributed by atoms with E-state index in [0.717, 1.165) is 18.4 Å². The molecule has 0 aliphatic rings. The van der Waals surface area contributed by atoms with Crippen molar-refractivity contribution in [1.29, 1.82) is 0 Å². The maximum absolute atomic E-state index is 12.0. The third-order valence-electron chi connectivity index (χ3n) is 3.75. The Balaban J connectivity index is 2.29. The van der Waals surface area contributed by atoms with Gasteiger partial charge in [0.1, 0.15) is 11.5 Å². The number of Topliss-reactive ketones (excluding diaryl/α,β-unsaturated/α-hetero) is 1. The molecule has 0 saturated carbocycles. The van der Waals surface area contributed by atoms with Crippen molar-refractivity contribution < 1.29 is 22.7 Å². The van der Waals surface area contributed by atoms with Gasteiger partial charge in [0, 0.05) is 20.0 Å². The lowest BCUT2D eigenvalue weighted by atomic mass is 10.0. The highest BCUT2D eigenvalue weighted by Gasteiger charge is 2.15. The number of benzene rings is 1. The number of hydrogen-bond donors (Lipinski definition) is 0. The Morgan fingerprint density at radius 2 is 1.92 bits per heavy atom. The molecule has 0 atom stereocenters. The van der Waals surface area contributed by atoms with E-state index in [2.05, 4.69) is 0 Å². The van der Waals surface area contributed by atoms with E-state index in [1.165, 1.54) is 0 Å². The summed E-state index contributed by atoms with van der Waals surface area (Å²) in [7, 11) is -1.41. The predicted octanol–water partition coefficient (Wildman–Crippen LogP) is 3.16. The minimum Gasteiger partial charge on any atom is -0.468 e. The normalized spacial score (nSPS) is 11.7. The fourth-order valence-corrected chi connectivity index (χ4v) is 3.30. The van der Waals surface area contributed by atoms with Crippen molar-refractivity contribution in [3.05, 3.63) is 29.8 Å². The van der Waals surface area contributed by atoms with Crippen molar-refractivity contribution in [3.63, 3.8) is 0 Å². The van der Waals surface area contributed by atoms with Gasteiger partial charge in [0.25, 0.3) is 0 Å². The number of methoxy groups -OCH3 is 1. The first-order valence-corrected chi connectivity index (χ1v) is 10.0. The summed E-state index contributed by atoms with van der Waals surface area (Å²) in [6, 6.07) is 7.41. The SMILES string of the molecule is COCOc1cccc(CC(=O)CCCCCS(=O)(=O)C(C)C)c1. The van der Waals surface area contributed by atoms with Gasteiger partial charge in [-0.05, 0) is 44.4 Å². The third-order valence-corrected chi connectivity index (χ3v) is 6.04. The fourth-order valence-electron chi connectivity index (χ4n) is 2.23. The number of sulfone groups is 1. The topological polar surface area (TPSA) is 69.7 Å². The summed E-state index contributed by atoms with van der Waals surface area (Å²) in [6.45, 7) is 3.57. The summed E-state index contributed by atoms with van der Waals surface area (Å²) < 4.78 is 33.6. The van der Waals surface area contributed by atoms with Crippen LogP contribution in [0.1, 0.15) is 45.1 Å². The molecule has 0 amide bonds. The highest BCUT2D eigenvalue weighted by molar-refractivity contribution is 7.91. The van der Waals surface area contributed by atoms with Crippen LogP contribution in [0.2, 0.25) is 0 Å². The van der Waals surface area contributed by atoms with Crippen LogP contribution in [-0.2, 0) is 25.8 Å². The number of hydrogen-bond acceptors (Lipinski definition) is 5. The molecule has 0 bridgehead atoms. The van der Waals surface area contributed by atoms with Gasteiger partial charge in [-0.25, -0.2) is 8.42 Å². The molecule has 0 fully saturated rings. The molecule has 5 nitrogen and oxygen atoms in total. The lowest BCUT2D eigenvalue weighted by Crippen LogP contribution is -2.17. The van der Waals surface area contributed by atoms with Gasteiger partial charge in [-0.2, -0.15) is 0 Å². The van der Waals surface area contributed by atoms with Crippen LogP contribution < -0.4 is 4.74 Å². The zero-order valence-corrected chi connectivity index (χ0v) is 15.6. The molecular weight excluding hydrogens is 328 g/mol. The van der Waals surface area contributed by atoms with E-state index in [1.54, 1.807) is 21.0 Å². The second-order valence-corrected chi connectivity index (χ2v) is 8.82. The second kappa shape index (κ2) is 10.5. The molecule has 24 heavy (non-hydrogen) atoms. The molecule has 0 aliphatic heterocycles. The van der Waals surface area contributed by atoms with E-state index in [4.69, 9.17) is 9.47 Å². The average molecular weight is 356 g/mol. The number of rotatable bonds is 12. The largest absolute Gasteiger partial charge is 0.468 e. The molecule has 0 unspecified atom stereocenters. The van der Waals surface area contributed by atoms with E-state index in [-0.39, 0.29) is 23.6 Å². The molecule has 136 valence electrons. The summed E-state index contributed by atoms with van der Waals surface area (Å²) in [4.78, 5) is 12.0. The molecule has 0 heterocycles. The van der Waals surface area contributed by atoms with Crippen molar-refractivity contribution in [2.24, 2.45) is 0 Å². The molecule has 0 aliphatic carbocycles. The summed E-state index contributed by atoms with van der Waals surface area (Å²) in [5, 5.41) is -0.327. The average Bonchev–Trinajstić information content (AvgIpc) is 2.52. The zero-order valence-electron chi connectivity index (χ0n) is 14.8. The number of ether oxygens (including phenoxy) is 2. The van der Waals surface area contributed by atoms with Crippen LogP contribution in [0.4, 0.5) is 0 Å². The first-order valence-electron chi connectivity index (χ1n) is 8.29. The Hall–Kier alpha value is -1.40. The molecule has 1 aromatic rings. The van der Waals surface area contributed by atoms with E-state index in [9.17, 15) is 13.2 Å². The van der Waals surface area contributed by atoms with E-state index < -0.39 is 9.84 Å². The third kappa shape index (κ3) is 7.93. The monoisotopic (exact) mass is 356 g/mol. The van der Waals surface area contributed by atoms with E-state index >= 15 is 0 Å². The summed E-state index contributed by atoms with van der Waals surface area (Å²) >= 11 is 0. The van der Waals surface area contributed by atoms with Crippen LogP contribution in [0.25, 0.3) is 0 Å².